The van der Waals surface area contributed by atoms with Crippen LogP contribution in [0.25, 0.3) is 0 Å². The molecule has 0 fully saturated rings. The van der Waals surface area contributed by atoms with Crippen LogP contribution in [0.2, 0.25) is 0 Å². The first-order valence-electron chi connectivity index (χ1n) is 5.93. The lowest BCUT2D eigenvalue weighted by atomic mass is 10.5. The van der Waals surface area contributed by atoms with Crippen LogP contribution in [0.15, 0.2) is 25.3 Å². The van der Waals surface area contributed by atoms with Gasteiger partial charge in [0.15, 0.2) is 6.61 Å². The Hall–Kier alpha value is -2.08. The monoisotopic (exact) mass is 366 g/mol. The van der Waals surface area contributed by atoms with E-state index in [0.717, 1.165) is 0 Å². The normalized spacial score (nSPS) is 12.4. The van der Waals surface area contributed by atoms with Crippen molar-refractivity contribution in [3.05, 3.63) is 25.3 Å². The van der Waals surface area contributed by atoms with Crippen LogP contribution in [0.1, 0.15) is 0 Å². The van der Waals surface area contributed by atoms with Gasteiger partial charge >= 0.3 is 30.3 Å². The molecular formula is C12H12F6O6. The zero-order chi connectivity index (χ0) is 19.0. The van der Waals surface area contributed by atoms with Gasteiger partial charge in [0.2, 0.25) is 0 Å². The summed E-state index contributed by atoms with van der Waals surface area (Å²) in [6.07, 6.45) is -15.1. The first-order valence-corrected chi connectivity index (χ1v) is 5.93. The van der Waals surface area contributed by atoms with Crippen LogP contribution in [0.5, 0.6) is 0 Å². The Morgan fingerprint density at radius 3 is 1.83 bits per heavy atom. The van der Waals surface area contributed by atoms with E-state index in [4.69, 9.17) is 0 Å². The van der Waals surface area contributed by atoms with E-state index >= 15 is 0 Å². The van der Waals surface area contributed by atoms with E-state index < -0.39 is 50.1 Å². The molecule has 0 aliphatic heterocycles. The molecule has 0 aliphatic carbocycles. The topological polar surface area (TPSA) is 71.1 Å². The number of esters is 2. The average Bonchev–Trinajstić information content (AvgIpc) is 2.47. The van der Waals surface area contributed by atoms with Gasteiger partial charge in [0, 0.05) is 12.2 Å². The van der Waals surface area contributed by atoms with Crippen LogP contribution in [-0.4, -0.2) is 50.1 Å². The zero-order valence-electron chi connectivity index (χ0n) is 11.9. The Kier molecular flexibility index (Phi) is 7.93. The number of halogens is 6. The molecule has 0 aromatic rings. The summed E-state index contributed by atoms with van der Waals surface area (Å²) in [4.78, 5) is 21.1. The van der Waals surface area contributed by atoms with Crippen molar-refractivity contribution in [2.24, 2.45) is 0 Å². The Bertz CT molecular complexity index is 479. The molecule has 0 radical (unpaired) electrons. The fourth-order valence-electron chi connectivity index (χ4n) is 0.946. The summed E-state index contributed by atoms with van der Waals surface area (Å²) in [5.41, 5.74) is 0. The molecule has 138 valence electrons. The molecule has 0 aromatic carbocycles. The van der Waals surface area contributed by atoms with Crippen LogP contribution in [0.4, 0.5) is 26.3 Å². The summed E-state index contributed by atoms with van der Waals surface area (Å²) in [5, 5.41) is 0. The molecular weight excluding hydrogens is 354 g/mol. The van der Waals surface area contributed by atoms with Crippen molar-refractivity contribution in [2.45, 2.75) is 18.3 Å². The highest BCUT2D eigenvalue weighted by Crippen LogP contribution is 2.40. The predicted octanol–water partition coefficient (Wildman–Crippen LogP) is 2.26. The number of carbonyl (C=O) groups is 2. The minimum Gasteiger partial charge on any atom is -0.460 e. The van der Waals surface area contributed by atoms with E-state index in [0.29, 0.717) is 12.2 Å². The Labute approximate surface area is 131 Å². The molecule has 0 heterocycles. The first-order chi connectivity index (χ1) is 10.9. The summed E-state index contributed by atoms with van der Waals surface area (Å²) >= 11 is 0. The molecule has 0 saturated carbocycles. The van der Waals surface area contributed by atoms with Gasteiger partial charge in [-0.2, -0.15) is 26.3 Å². The lowest BCUT2D eigenvalue weighted by molar-refractivity contribution is -0.483. The molecule has 0 unspecified atom stereocenters. The molecule has 0 amide bonds. The molecule has 0 bridgehead atoms. The lowest BCUT2D eigenvalue weighted by Crippen LogP contribution is -2.50. The highest BCUT2D eigenvalue weighted by molar-refractivity contribution is 5.81. The maximum atomic E-state index is 13.1. The fourth-order valence-corrected chi connectivity index (χ4v) is 0.946. The van der Waals surface area contributed by atoms with Gasteiger partial charge in [-0.1, -0.05) is 13.2 Å². The molecule has 0 N–H and O–H groups in total. The third-order valence-electron chi connectivity index (χ3n) is 1.94. The number of rotatable bonds is 11. The first kappa shape index (κ1) is 21.9. The second kappa shape index (κ2) is 8.68. The summed E-state index contributed by atoms with van der Waals surface area (Å²) in [7, 11) is 0. The van der Waals surface area contributed by atoms with E-state index in [9.17, 15) is 35.9 Å². The molecule has 24 heavy (non-hydrogen) atoms. The van der Waals surface area contributed by atoms with Crippen LogP contribution < -0.4 is 0 Å². The van der Waals surface area contributed by atoms with E-state index in [1.165, 1.54) is 0 Å². The molecule has 0 saturated heterocycles. The van der Waals surface area contributed by atoms with E-state index in [2.05, 4.69) is 32.1 Å². The van der Waals surface area contributed by atoms with Crippen LogP contribution in [-0.2, 0) is 28.5 Å². The lowest BCUT2D eigenvalue weighted by Gasteiger charge is -2.28. The highest BCUT2D eigenvalue weighted by Gasteiger charge is 2.64. The van der Waals surface area contributed by atoms with Gasteiger partial charge in [0.1, 0.15) is 6.61 Å². The number of hydrogen-bond donors (Lipinski definition) is 0. The second-order valence-corrected chi connectivity index (χ2v) is 3.80. The van der Waals surface area contributed by atoms with Crippen molar-refractivity contribution in [3.63, 3.8) is 0 Å². The number of ether oxygens (including phenoxy) is 4. The van der Waals surface area contributed by atoms with Crippen molar-refractivity contribution in [1.29, 1.82) is 0 Å². The highest BCUT2D eigenvalue weighted by atomic mass is 19.3. The van der Waals surface area contributed by atoms with Crippen molar-refractivity contribution in [3.8, 4) is 0 Å². The van der Waals surface area contributed by atoms with Gasteiger partial charge in [0.25, 0.3) is 0 Å². The molecule has 0 aromatic heterocycles. The molecule has 6 nitrogen and oxygen atoms in total. The van der Waals surface area contributed by atoms with Crippen LogP contribution in [0.3, 0.4) is 0 Å². The van der Waals surface area contributed by atoms with Crippen molar-refractivity contribution < 1.29 is 54.9 Å². The summed E-state index contributed by atoms with van der Waals surface area (Å²) in [5.74, 6) is -2.45. The smallest absolute Gasteiger partial charge is 0.452 e. The summed E-state index contributed by atoms with van der Waals surface area (Å²) < 4.78 is 92.4. The number of carbonyl (C=O) groups excluding carboxylic acids is 2. The summed E-state index contributed by atoms with van der Waals surface area (Å²) in [6, 6.07) is 0. The third-order valence-corrected chi connectivity index (χ3v) is 1.94. The zero-order valence-corrected chi connectivity index (χ0v) is 11.9. The quantitative estimate of drug-likeness (QED) is 0.242. The maximum Gasteiger partial charge on any atom is 0.452 e. The van der Waals surface area contributed by atoms with Gasteiger partial charge in [0.05, 0.1) is 6.61 Å². The minimum absolute atomic E-state index is 0.441. The third kappa shape index (κ3) is 7.46. The molecule has 0 aliphatic rings. The Morgan fingerprint density at radius 1 is 0.833 bits per heavy atom. The van der Waals surface area contributed by atoms with E-state index in [1.807, 2.05) is 0 Å². The van der Waals surface area contributed by atoms with Crippen LogP contribution >= 0.6 is 0 Å². The predicted molar refractivity (Wildman–Crippen MR) is 64.2 cm³/mol. The standard InChI is InChI=1S/C12H12F6O6/c1-3-8(19)21-5-6-23-11(15,16)12(17,18)24-10(13,14)7-22-9(20)4-2/h3-4H,1-2,5-7H2. The van der Waals surface area contributed by atoms with Gasteiger partial charge in [-0.05, 0) is 0 Å². The fraction of sp³-hybridized carbons (Fsp3) is 0.500. The van der Waals surface area contributed by atoms with Crippen molar-refractivity contribution in [1.82, 2.24) is 0 Å². The minimum atomic E-state index is -5.78. The summed E-state index contributed by atoms with van der Waals surface area (Å²) in [6.45, 7) is 1.65. The van der Waals surface area contributed by atoms with Gasteiger partial charge < -0.3 is 14.2 Å². The molecule has 0 rings (SSSR count). The van der Waals surface area contributed by atoms with Gasteiger partial charge in [-0.25, -0.2) is 14.3 Å². The van der Waals surface area contributed by atoms with Crippen molar-refractivity contribution in [2.75, 3.05) is 19.8 Å². The SMILES string of the molecule is C=CC(=O)OCCOC(F)(F)C(F)(F)OC(F)(F)COC(=O)C=C. The molecule has 0 spiro atoms. The second-order valence-electron chi connectivity index (χ2n) is 3.80. The average molecular weight is 366 g/mol. The number of alkyl halides is 6. The molecule has 0 atom stereocenters. The van der Waals surface area contributed by atoms with E-state index in [1.54, 1.807) is 0 Å². The Morgan fingerprint density at radius 2 is 1.33 bits per heavy atom. The van der Waals surface area contributed by atoms with Crippen molar-refractivity contribution >= 4 is 11.9 Å². The number of hydrogen-bond acceptors (Lipinski definition) is 6. The van der Waals surface area contributed by atoms with Crippen LogP contribution in [0, 0.1) is 0 Å². The molecule has 12 heteroatoms. The van der Waals surface area contributed by atoms with Gasteiger partial charge in [-0.3, -0.25) is 0 Å². The van der Waals surface area contributed by atoms with E-state index in [-0.39, 0.29) is 0 Å². The van der Waals surface area contributed by atoms with Gasteiger partial charge in [-0.15, -0.1) is 0 Å². The Balaban J connectivity index is 4.63. The maximum absolute atomic E-state index is 13.1. The largest absolute Gasteiger partial charge is 0.460 e.